The van der Waals surface area contributed by atoms with E-state index < -0.39 is 6.09 Å². The van der Waals surface area contributed by atoms with E-state index in [1.807, 2.05) is 18.2 Å². The van der Waals surface area contributed by atoms with Crippen LogP contribution in [0.2, 0.25) is 0 Å². The van der Waals surface area contributed by atoms with Gasteiger partial charge in [0.15, 0.2) is 11.5 Å². The van der Waals surface area contributed by atoms with Crippen LogP contribution in [0.4, 0.5) is 4.79 Å². The Morgan fingerprint density at radius 3 is 2.25 bits per heavy atom. The van der Waals surface area contributed by atoms with Crippen molar-refractivity contribution in [3.63, 3.8) is 0 Å². The zero-order valence-electron chi connectivity index (χ0n) is 15.6. The molecule has 4 N–H and O–H groups in total. The van der Waals surface area contributed by atoms with Crippen molar-refractivity contribution in [3.8, 4) is 17.2 Å². The van der Waals surface area contributed by atoms with Crippen molar-refractivity contribution in [1.29, 1.82) is 0 Å². The van der Waals surface area contributed by atoms with Gasteiger partial charge >= 0.3 is 6.09 Å². The molecule has 1 saturated heterocycles. The van der Waals surface area contributed by atoms with E-state index in [2.05, 4.69) is 4.90 Å². The Morgan fingerprint density at radius 2 is 1.61 bits per heavy atom. The van der Waals surface area contributed by atoms with Gasteiger partial charge in [0.05, 0.1) is 0 Å². The lowest BCUT2D eigenvalue weighted by Gasteiger charge is -2.33. The Kier molecular flexibility index (Phi) is 6.57. The molecule has 0 atom stereocenters. The molecule has 8 heteroatoms. The van der Waals surface area contributed by atoms with Gasteiger partial charge in [0.1, 0.15) is 5.75 Å². The summed E-state index contributed by atoms with van der Waals surface area (Å²) in [5.41, 5.74) is 7.51. The predicted molar refractivity (Wildman–Crippen MR) is 103 cm³/mol. The lowest BCUT2D eigenvalue weighted by Crippen LogP contribution is -2.47. The van der Waals surface area contributed by atoms with Crippen LogP contribution in [0.3, 0.4) is 0 Å². The molecule has 0 bridgehead atoms. The van der Waals surface area contributed by atoms with Crippen LogP contribution < -0.4 is 15.2 Å². The van der Waals surface area contributed by atoms with Gasteiger partial charge < -0.3 is 30.3 Å². The van der Waals surface area contributed by atoms with E-state index >= 15 is 0 Å². The van der Waals surface area contributed by atoms with Crippen LogP contribution in [0.15, 0.2) is 42.5 Å². The van der Waals surface area contributed by atoms with E-state index in [0.717, 1.165) is 42.3 Å². The number of carbonyl (C=O) groups is 1. The average Bonchev–Trinajstić information content (AvgIpc) is 3.17. The second kappa shape index (κ2) is 9.29. The Bertz CT molecular complexity index is 789. The van der Waals surface area contributed by atoms with Crippen molar-refractivity contribution in [2.45, 2.75) is 13.1 Å². The third-order valence-electron chi connectivity index (χ3n) is 4.66. The summed E-state index contributed by atoms with van der Waals surface area (Å²) < 4.78 is 10.6. The van der Waals surface area contributed by atoms with E-state index in [9.17, 15) is 4.79 Å². The fourth-order valence-corrected chi connectivity index (χ4v) is 3.03. The molecule has 0 spiro atoms. The normalized spacial score (nSPS) is 15.7. The van der Waals surface area contributed by atoms with Gasteiger partial charge in [-0.05, 0) is 35.4 Å². The number of hydrogen-bond acceptors (Lipinski definition) is 6. The predicted octanol–water partition coefficient (Wildman–Crippen LogP) is 2.06. The number of benzene rings is 2. The third kappa shape index (κ3) is 5.28. The van der Waals surface area contributed by atoms with Gasteiger partial charge in [0.25, 0.3) is 0 Å². The third-order valence-corrected chi connectivity index (χ3v) is 4.66. The SMILES string of the molecule is NCc1ccc(O)cc1.O=C(O)N1CCN(Cc2ccc3c(c2)OCO3)CC1. The molecular formula is C20H25N3O5. The van der Waals surface area contributed by atoms with Gasteiger partial charge in [-0.2, -0.15) is 0 Å². The molecule has 0 aliphatic carbocycles. The minimum Gasteiger partial charge on any atom is -0.508 e. The van der Waals surface area contributed by atoms with E-state index in [4.69, 9.17) is 25.4 Å². The van der Waals surface area contributed by atoms with Crippen LogP contribution in [0, 0.1) is 0 Å². The molecule has 4 rings (SSSR count). The first-order chi connectivity index (χ1) is 13.5. The number of carboxylic acid groups (broad SMARTS) is 1. The Balaban J connectivity index is 0.000000211. The molecule has 28 heavy (non-hydrogen) atoms. The summed E-state index contributed by atoms with van der Waals surface area (Å²) in [4.78, 5) is 14.5. The summed E-state index contributed by atoms with van der Waals surface area (Å²) in [5.74, 6) is 1.87. The van der Waals surface area contributed by atoms with Crippen LogP contribution in [0.25, 0.3) is 0 Å². The highest BCUT2D eigenvalue weighted by atomic mass is 16.7. The summed E-state index contributed by atoms with van der Waals surface area (Å²) in [6, 6.07) is 12.8. The highest BCUT2D eigenvalue weighted by Crippen LogP contribution is 2.32. The van der Waals surface area contributed by atoms with E-state index in [0.29, 0.717) is 19.6 Å². The minimum absolute atomic E-state index is 0.284. The standard InChI is InChI=1S/C13H16N2O4.C7H9NO/c16-13(17)15-5-3-14(4-6-15)8-10-1-2-11-12(7-10)19-9-18-11;8-5-6-1-3-7(9)4-2-6/h1-2,7H,3-6,8-9H2,(H,16,17);1-4,9H,5,8H2. The number of piperazine rings is 1. The topological polar surface area (TPSA) is 108 Å². The lowest BCUT2D eigenvalue weighted by molar-refractivity contribution is 0.103. The van der Waals surface area contributed by atoms with Gasteiger partial charge in [-0.15, -0.1) is 0 Å². The van der Waals surface area contributed by atoms with Gasteiger partial charge in [0, 0.05) is 39.3 Å². The number of rotatable bonds is 3. The summed E-state index contributed by atoms with van der Waals surface area (Å²) in [6.45, 7) is 4.29. The number of aromatic hydroxyl groups is 1. The molecule has 2 heterocycles. The Labute approximate surface area is 163 Å². The van der Waals surface area contributed by atoms with Crippen molar-refractivity contribution in [2.75, 3.05) is 33.0 Å². The van der Waals surface area contributed by atoms with Gasteiger partial charge in [0.2, 0.25) is 6.79 Å². The van der Waals surface area contributed by atoms with Gasteiger partial charge in [-0.3, -0.25) is 4.90 Å². The fraction of sp³-hybridized carbons (Fsp3) is 0.350. The summed E-state index contributed by atoms with van der Waals surface area (Å²) in [7, 11) is 0. The zero-order valence-corrected chi connectivity index (χ0v) is 15.6. The van der Waals surface area contributed by atoms with Crippen LogP contribution in [0.1, 0.15) is 11.1 Å². The quantitative estimate of drug-likeness (QED) is 0.740. The number of hydrogen-bond donors (Lipinski definition) is 3. The van der Waals surface area contributed by atoms with Crippen LogP contribution in [-0.4, -0.2) is 59.1 Å². The number of fused-ring (bicyclic) bond motifs is 1. The molecule has 0 aromatic heterocycles. The molecule has 8 nitrogen and oxygen atoms in total. The van der Waals surface area contributed by atoms with E-state index in [-0.39, 0.29) is 12.5 Å². The van der Waals surface area contributed by atoms with Crippen LogP contribution in [0.5, 0.6) is 17.2 Å². The second-order valence-corrected chi connectivity index (χ2v) is 6.60. The second-order valence-electron chi connectivity index (χ2n) is 6.60. The molecule has 0 radical (unpaired) electrons. The number of amides is 1. The number of phenolic OH excluding ortho intramolecular Hbond substituents is 1. The summed E-state index contributed by atoms with van der Waals surface area (Å²) in [5, 5.41) is 17.7. The number of ether oxygens (including phenoxy) is 2. The number of nitrogens with zero attached hydrogens (tertiary/aromatic N) is 2. The van der Waals surface area contributed by atoms with Gasteiger partial charge in [-0.25, -0.2) is 4.79 Å². The smallest absolute Gasteiger partial charge is 0.407 e. The van der Waals surface area contributed by atoms with Crippen LogP contribution >= 0.6 is 0 Å². The summed E-state index contributed by atoms with van der Waals surface area (Å²) in [6.07, 6.45) is -0.831. The van der Waals surface area contributed by atoms with Crippen molar-refractivity contribution < 1.29 is 24.5 Å². The molecule has 2 aliphatic rings. The monoisotopic (exact) mass is 387 g/mol. The molecule has 2 aliphatic heterocycles. The maximum atomic E-state index is 10.8. The molecule has 150 valence electrons. The highest BCUT2D eigenvalue weighted by Gasteiger charge is 2.21. The first kappa shape index (κ1) is 19.8. The minimum atomic E-state index is -0.831. The van der Waals surface area contributed by atoms with Crippen molar-refractivity contribution >= 4 is 6.09 Å². The van der Waals surface area contributed by atoms with E-state index in [1.54, 1.807) is 24.3 Å². The van der Waals surface area contributed by atoms with Crippen molar-refractivity contribution in [1.82, 2.24) is 9.80 Å². The number of nitrogens with two attached hydrogens (primary N) is 1. The maximum absolute atomic E-state index is 10.8. The Morgan fingerprint density at radius 1 is 0.964 bits per heavy atom. The highest BCUT2D eigenvalue weighted by molar-refractivity contribution is 5.65. The fourth-order valence-electron chi connectivity index (χ4n) is 3.03. The van der Waals surface area contributed by atoms with Crippen LogP contribution in [-0.2, 0) is 13.1 Å². The van der Waals surface area contributed by atoms with Crippen molar-refractivity contribution in [2.24, 2.45) is 5.73 Å². The molecule has 0 saturated carbocycles. The first-order valence-corrected chi connectivity index (χ1v) is 9.12. The van der Waals surface area contributed by atoms with Gasteiger partial charge in [-0.1, -0.05) is 18.2 Å². The lowest BCUT2D eigenvalue weighted by atomic mass is 10.1. The average molecular weight is 387 g/mol. The zero-order chi connectivity index (χ0) is 19.9. The summed E-state index contributed by atoms with van der Waals surface area (Å²) >= 11 is 0. The molecule has 1 fully saturated rings. The largest absolute Gasteiger partial charge is 0.508 e. The molecule has 0 unspecified atom stereocenters. The number of phenols is 1. The molecule has 1 amide bonds. The molecule has 2 aromatic rings. The van der Waals surface area contributed by atoms with E-state index in [1.165, 1.54) is 4.90 Å². The first-order valence-electron chi connectivity index (χ1n) is 9.12. The molecular weight excluding hydrogens is 362 g/mol. The molecule has 2 aromatic carbocycles. The Hall–Kier alpha value is -2.97. The van der Waals surface area contributed by atoms with Crippen molar-refractivity contribution in [3.05, 3.63) is 53.6 Å². The maximum Gasteiger partial charge on any atom is 0.407 e.